The summed E-state index contributed by atoms with van der Waals surface area (Å²) in [4.78, 5) is 12.2. The van der Waals surface area contributed by atoms with Crippen molar-refractivity contribution in [3.8, 4) is 11.1 Å². The van der Waals surface area contributed by atoms with Gasteiger partial charge in [-0.15, -0.1) is 0 Å². The van der Waals surface area contributed by atoms with Crippen LogP contribution in [0.5, 0.6) is 0 Å². The number of alkyl carbamates (subject to hydrolysis) is 1. The molecule has 2 aromatic rings. The first-order chi connectivity index (χ1) is 25.3. The molecule has 0 spiro atoms. The monoisotopic (exact) mass is 723 g/mol. The van der Waals surface area contributed by atoms with Crippen LogP contribution in [0.3, 0.4) is 0 Å². The fourth-order valence-corrected chi connectivity index (χ4v) is 5.02. The minimum Gasteiger partial charge on any atom is -0.449 e. The largest absolute Gasteiger partial charge is 0.449 e. The molecule has 0 fully saturated rings. The van der Waals surface area contributed by atoms with Crippen molar-refractivity contribution in [2.75, 3.05) is 152 Å². The first kappa shape index (κ1) is 42.7. The summed E-state index contributed by atoms with van der Waals surface area (Å²) in [6.45, 7) is 9.99. The molecule has 0 aliphatic heterocycles. The highest BCUT2D eigenvalue weighted by Crippen LogP contribution is 2.44. The van der Waals surface area contributed by atoms with Crippen LogP contribution in [0, 0.1) is 0 Å². The second-order valence-corrected chi connectivity index (χ2v) is 11.1. The molecule has 0 heterocycles. The van der Waals surface area contributed by atoms with Crippen molar-refractivity contribution in [1.82, 2.24) is 5.32 Å². The van der Waals surface area contributed by atoms with Crippen molar-refractivity contribution in [1.29, 1.82) is 0 Å². The topological polar surface area (TPSA) is 151 Å². The van der Waals surface area contributed by atoms with E-state index in [1.165, 1.54) is 22.3 Å². The molecule has 14 heteroatoms. The molecule has 0 saturated heterocycles. The third kappa shape index (κ3) is 19.6. The number of ether oxygens (including phenoxy) is 11. The fourth-order valence-electron chi connectivity index (χ4n) is 5.02. The maximum absolute atomic E-state index is 12.2. The van der Waals surface area contributed by atoms with E-state index in [1.54, 1.807) is 0 Å². The second-order valence-electron chi connectivity index (χ2n) is 11.1. The van der Waals surface area contributed by atoms with E-state index in [9.17, 15) is 4.79 Å². The van der Waals surface area contributed by atoms with E-state index in [-0.39, 0.29) is 19.1 Å². The van der Waals surface area contributed by atoms with E-state index in [0.29, 0.717) is 139 Å². The summed E-state index contributed by atoms with van der Waals surface area (Å²) >= 11 is 0. The number of rotatable bonds is 34. The molecule has 51 heavy (non-hydrogen) atoms. The molecule has 0 radical (unpaired) electrons. The summed E-state index contributed by atoms with van der Waals surface area (Å²) in [5.41, 5.74) is 4.77. The Bertz CT molecular complexity index is 1100. The van der Waals surface area contributed by atoms with Gasteiger partial charge in [0.2, 0.25) is 0 Å². The number of amides is 1. The Morgan fingerprint density at radius 3 is 1.14 bits per heavy atom. The van der Waals surface area contributed by atoms with Gasteiger partial charge in [0.1, 0.15) is 6.61 Å². The minimum absolute atomic E-state index is 0.0206. The molecule has 3 rings (SSSR count). The smallest absolute Gasteiger partial charge is 0.407 e. The standard InChI is InChI=1S/C37H57NO13/c39-10-12-42-14-16-44-18-20-46-22-24-48-26-28-50-30-29-49-27-25-47-23-21-45-19-17-43-15-13-41-11-9-38-37(40)51-31-36-34-7-3-1-5-32(34)33-6-2-4-8-35(33)36/h1-8,36,39H,9-31H2,(H,38,40). The number of hydrogen-bond donors (Lipinski definition) is 2. The predicted molar refractivity (Wildman–Crippen MR) is 188 cm³/mol. The zero-order valence-electron chi connectivity index (χ0n) is 29.8. The molecular weight excluding hydrogens is 666 g/mol. The molecule has 14 nitrogen and oxygen atoms in total. The third-order valence-electron chi connectivity index (χ3n) is 7.44. The average Bonchev–Trinajstić information content (AvgIpc) is 3.48. The highest BCUT2D eigenvalue weighted by Gasteiger charge is 2.28. The minimum atomic E-state index is -0.454. The van der Waals surface area contributed by atoms with Crippen LogP contribution < -0.4 is 5.32 Å². The predicted octanol–water partition coefficient (Wildman–Crippen LogP) is 2.68. The highest BCUT2D eigenvalue weighted by atomic mass is 16.6. The lowest BCUT2D eigenvalue weighted by Gasteiger charge is -2.14. The van der Waals surface area contributed by atoms with Gasteiger partial charge in [0.15, 0.2) is 0 Å². The van der Waals surface area contributed by atoms with Crippen LogP contribution in [-0.4, -0.2) is 163 Å². The lowest BCUT2D eigenvalue weighted by Crippen LogP contribution is -2.29. The quantitative estimate of drug-likeness (QED) is 0.102. The van der Waals surface area contributed by atoms with E-state index in [2.05, 4.69) is 29.6 Å². The SMILES string of the molecule is O=C(NCCOCCOCCOCCOCCOCCOCCOCCOCCOCCOCCO)OCC1c2ccccc2-c2ccccc21. The summed E-state index contributed by atoms with van der Waals surface area (Å²) in [7, 11) is 0. The van der Waals surface area contributed by atoms with Gasteiger partial charge < -0.3 is 62.5 Å². The van der Waals surface area contributed by atoms with Crippen molar-refractivity contribution in [2.24, 2.45) is 0 Å². The molecule has 0 atom stereocenters. The Balaban J connectivity index is 0.965. The van der Waals surface area contributed by atoms with Gasteiger partial charge in [-0.2, -0.15) is 0 Å². The summed E-state index contributed by atoms with van der Waals surface area (Å²) < 4.78 is 59.8. The van der Waals surface area contributed by atoms with Crippen LogP contribution in [0.1, 0.15) is 17.0 Å². The Morgan fingerprint density at radius 2 is 0.784 bits per heavy atom. The van der Waals surface area contributed by atoms with Crippen molar-refractivity contribution in [2.45, 2.75) is 5.92 Å². The van der Waals surface area contributed by atoms with Gasteiger partial charge in [-0.25, -0.2) is 4.79 Å². The number of hydrogen-bond acceptors (Lipinski definition) is 13. The maximum atomic E-state index is 12.2. The molecule has 0 unspecified atom stereocenters. The highest BCUT2D eigenvalue weighted by molar-refractivity contribution is 5.79. The number of fused-ring (bicyclic) bond motifs is 3. The molecule has 0 saturated carbocycles. The number of carbonyl (C=O) groups is 1. The normalized spacial score (nSPS) is 12.3. The molecule has 288 valence electrons. The molecule has 0 bridgehead atoms. The molecule has 1 aliphatic rings. The van der Waals surface area contributed by atoms with Gasteiger partial charge in [-0.3, -0.25) is 0 Å². The maximum Gasteiger partial charge on any atom is 0.407 e. The zero-order valence-corrected chi connectivity index (χ0v) is 29.8. The Hall–Kier alpha value is -2.73. The van der Waals surface area contributed by atoms with Crippen molar-refractivity contribution in [3.63, 3.8) is 0 Å². The van der Waals surface area contributed by atoms with Gasteiger partial charge >= 0.3 is 6.09 Å². The molecular formula is C37H57NO13. The number of nitrogens with one attached hydrogen (secondary N) is 1. The number of aliphatic hydroxyl groups excluding tert-OH is 1. The number of carbonyl (C=O) groups excluding carboxylic acids is 1. The molecule has 2 N–H and O–H groups in total. The Morgan fingerprint density at radius 1 is 0.471 bits per heavy atom. The van der Waals surface area contributed by atoms with Crippen LogP contribution in [0.2, 0.25) is 0 Å². The van der Waals surface area contributed by atoms with Crippen molar-refractivity contribution < 1.29 is 62.0 Å². The van der Waals surface area contributed by atoms with E-state index < -0.39 is 6.09 Å². The third-order valence-corrected chi connectivity index (χ3v) is 7.44. The van der Waals surface area contributed by atoms with Crippen LogP contribution in [0.25, 0.3) is 11.1 Å². The van der Waals surface area contributed by atoms with Crippen LogP contribution in [0.15, 0.2) is 48.5 Å². The zero-order chi connectivity index (χ0) is 35.9. The van der Waals surface area contributed by atoms with Gasteiger partial charge in [0.25, 0.3) is 0 Å². The van der Waals surface area contributed by atoms with Gasteiger partial charge in [0.05, 0.1) is 139 Å². The molecule has 1 amide bonds. The lowest BCUT2D eigenvalue weighted by molar-refractivity contribution is -0.0267. The molecule has 2 aromatic carbocycles. The van der Waals surface area contributed by atoms with Crippen LogP contribution in [0.4, 0.5) is 4.79 Å². The number of benzene rings is 2. The van der Waals surface area contributed by atoms with Crippen molar-refractivity contribution >= 4 is 6.09 Å². The molecule has 0 aromatic heterocycles. The lowest BCUT2D eigenvalue weighted by atomic mass is 9.98. The summed E-state index contributed by atoms with van der Waals surface area (Å²) in [6.07, 6.45) is -0.454. The van der Waals surface area contributed by atoms with Crippen molar-refractivity contribution in [3.05, 3.63) is 59.7 Å². The van der Waals surface area contributed by atoms with Gasteiger partial charge in [-0.1, -0.05) is 48.5 Å². The van der Waals surface area contributed by atoms with Crippen LogP contribution in [-0.2, 0) is 52.1 Å². The average molecular weight is 724 g/mol. The van der Waals surface area contributed by atoms with Crippen LogP contribution >= 0.6 is 0 Å². The van der Waals surface area contributed by atoms with Gasteiger partial charge in [-0.05, 0) is 22.3 Å². The Labute approximate surface area is 301 Å². The van der Waals surface area contributed by atoms with Gasteiger partial charge in [0, 0.05) is 12.5 Å². The second kappa shape index (κ2) is 29.8. The summed E-state index contributed by atoms with van der Waals surface area (Å²) in [6, 6.07) is 16.5. The van der Waals surface area contributed by atoms with E-state index in [4.69, 9.17) is 57.2 Å². The first-order valence-electron chi connectivity index (χ1n) is 17.8. The van der Waals surface area contributed by atoms with E-state index in [0.717, 1.165) is 0 Å². The summed E-state index contributed by atoms with van der Waals surface area (Å²) in [5, 5.41) is 11.3. The fraction of sp³-hybridized carbons (Fsp3) is 0.649. The molecule has 1 aliphatic carbocycles. The van der Waals surface area contributed by atoms with E-state index >= 15 is 0 Å². The first-order valence-corrected chi connectivity index (χ1v) is 17.8. The number of aliphatic hydroxyl groups is 1. The van der Waals surface area contributed by atoms with E-state index in [1.807, 2.05) is 24.3 Å². The summed E-state index contributed by atoms with van der Waals surface area (Å²) in [5.74, 6) is 0.0363. The Kier molecular flexibility index (Phi) is 24.9.